The molecular formula is C13H16BrN3O3. The van der Waals surface area contributed by atoms with Crippen LogP contribution < -0.4 is 4.74 Å². The summed E-state index contributed by atoms with van der Waals surface area (Å²) in [4.78, 5) is 0. The maximum Gasteiger partial charge on any atom is 0.136 e. The van der Waals surface area contributed by atoms with Crippen LogP contribution in [0.5, 0.6) is 5.75 Å². The van der Waals surface area contributed by atoms with E-state index in [4.69, 9.17) is 9.84 Å². The van der Waals surface area contributed by atoms with Crippen LogP contribution in [0.25, 0.3) is 11.0 Å². The molecular weight excluding hydrogens is 326 g/mol. The summed E-state index contributed by atoms with van der Waals surface area (Å²) in [6.07, 6.45) is 1.65. The number of fused-ring (bicyclic) bond motifs is 1. The third kappa shape index (κ3) is 2.79. The maximum absolute atomic E-state index is 9.31. The van der Waals surface area contributed by atoms with E-state index >= 15 is 0 Å². The van der Waals surface area contributed by atoms with E-state index in [1.807, 2.05) is 16.8 Å². The quantitative estimate of drug-likeness (QED) is 0.828. The highest BCUT2D eigenvalue weighted by Crippen LogP contribution is 2.34. The Morgan fingerprint density at radius 1 is 1.45 bits per heavy atom. The molecule has 1 fully saturated rings. The summed E-state index contributed by atoms with van der Waals surface area (Å²) in [6.45, 7) is 0.626. The van der Waals surface area contributed by atoms with Crippen molar-refractivity contribution in [2.24, 2.45) is 5.92 Å². The van der Waals surface area contributed by atoms with E-state index in [0.29, 0.717) is 5.75 Å². The fourth-order valence-corrected chi connectivity index (χ4v) is 2.55. The van der Waals surface area contributed by atoms with Crippen LogP contribution in [-0.2, 0) is 6.54 Å². The maximum atomic E-state index is 9.31. The van der Waals surface area contributed by atoms with Crippen molar-refractivity contribution in [3.63, 3.8) is 0 Å². The van der Waals surface area contributed by atoms with Gasteiger partial charge in [-0.05, 0) is 46.8 Å². The molecule has 1 aromatic heterocycles. The second-order valence-corrected chi connectivity index (χ2v) is 5.90. The van der Waals surface area contributed by atoms with Crippen LogP contribution in [0.4, 0.5) is 0 Å². The molecule has 0 aliphatic heterocycles. The van der Waals surface area contributed by atoms with Gasteiger partial charge in [0.1, 0.15) is 24.0 Å². The van der Waals surface area contributed by atoms with Gasteiger partial charge in [-0.2, -0.15) is 0 Å². The minimum Gasteiger partial charge on any atom is -0.490 e. The molecule has 1 heterocycles. The minimum absolute atomic E-state index is 0.0385. The van der Waals surface area contributed by atoms with Crippen LogP contribution in [0.15, 0.2) is 16.6 Å². The number of benzene rings is 1. The Labute approximate surface area is 124 Å². The molecule has 0 radical (unpaired) electrons. The van der Waals surface area contributed by atoms with E-state index < -0.39 is 6.10 Å². The van der Waals surface area contributed by atoms with Gasteiger partial charge in [0.05, 0.1) is 16.6 Å². The number of aliphatic hydroxyl groups is 2. The fourth-order valence-electron chi connectivity index (χ4n) is 2.02. The Morgan fingerprint density at radius 3 is 2.95 bits per heavy atom. The van der Waals surface area contributed by atoms with Crippen molar-refractivity contribution in [2.75, 3.05) is 13.2 Å². The Morgan fingerprint density at radius 2 is 2.25 bits per heavy atom. The molecule has 1 aliphatic carbocycles. The fraction of sp³-hybridized carbons (Fsp3) is 0.538. The molecule has 1 saturated carbocycles. The van der Waals surface area contributed by atoms with E-state index in [-0.39, 0.29) is 13.2 Å². The van der Waals surface area contributed by atoms with Crippen LogP contribution in [0.2, 0.25) is 0 Å². The first-order valence-corrected chi connectivity index (χ1v) is 7.41. The minimum atomic E-state index is -0.886. The lowest BCUT2D eigenvalue weighted by molar-refractivity contribution is 0.0534. The van der Waals surface area contributed by atoms with Crippen LogP contribution >= 0.6 is 15.9 Å². The molecule has 0 bridgehead atoms. The molecule has 108 valence electrons. The zero-order chi connectivity index (χ0) is 14.1. The van der Waals surface area contributed by atoms with Gasteiger partial charge in [-0.3, -0.25) is 0 Å². The molecule has 1 unspecified atom stereocenters. The van der Waals surface area contributed by atoms with Gasteiger partial charge in [0, 0.05) is 6.54 Å². The first-order chi connectivity index (χ1) is 9.69. The SMILES string of the molecule is OCC(O)COc1ccc2c(nnn2CC2CC2)c1Br. The average Bonchev–Trinajstić information content (AvgIpc) is 3.17. The van der Waals surface area contributed by atoms with Crippen LogP contribution in [-0.4, -0.2) is 44.5 Å². The van der Waals surface area contributed by atoms with E-state index in [1.165, 1.54) is 12.8 Å². The zero-order valence-corrected chi connectivity index (χ0v) is 12.5. The molecule has 1 aliphatic rings. The number of halogens is 1. The van der Waals surface area contributed by atoms with Gasteiger partial charge in [0.2, 0.25) is 0 Å². The standard InChI is InChI=1S/C13H16BrN3O3/c14-12-11(20-7-9(19)6-18)4-3-10-13(12)15-16-17(10)5-8-1-2-8/h3-4,8-9,18-19H,1-2,5-7H2. The van der Waals surface area contributed by atoms with Crippen molar-refractivity contribution in [3.05, 3.63) is 16.6 Å². The Kier molecular flexibility index (Phi) is 3.91. The number of nitrogens with zero attached hydrogens (tertiary/aromatic N) is 3. The predicted octanol–water partition coefficient (Wildman–Crippen LogP) is 1.34. The van der Waals surface area contributed by atoms with Crippen molar-refractivity contribution in [1.29, 1.82) is 0 Å². The Bertz CT molecular complexity index is 612. The summed E-state index contributed by atoms with van der Waals surface area (Å²) in [5.41, 5.74) is 1.72. The molecule has 0 saturated heterocycles. The summed E-state index contributed by atoms with van der Waals surface area (Å²) in [7, 11) is 0. The average molecular weight is 342 g/mol. The lowest BCUT2D eigenvalue weighted by Gasteiger charge is -2.11. The highest BCUT2D eigenvalue weighted by Gasteiger charge is 2.23. The molecule has 1 atom stereocenters. The molecule has 7 heteroatoms. The van der Waals surface area contributed by atoms with Crippen LogP contribution in [0.1, 0.15) is 12.8 Å². The van der Waals surface area contributed by atoms with Crippen molar-refractivity contribution in [1.82, 2.24) is 15.0 Å². The lowest BCUT2D eigenvalue weighted by atomic mass is 10.3. The van der Waals surface area contributed by atoms with Gasteiger partial charge in [0.25, 0.3) is 0 Å². The topological polar surface area (TPSA) is 80.4 Å². The summed E-state index contributed by atoms with van der Waals surface area (Å²) in [5.74, 6) is 1.32. The van der Waals surface area contributed by atoms with Gasteiger partial charge >= 0.3 is 0 Å². The molecule has 2 N–H and O–H groups in total. The molecule has 0 spiro atoms. The molecule has 2 aromatic rings. The second-order valence-electron chi connectivity index (χ2n) is 5.11. The Balaban J connectivity index is 1.83. The van der Waals surface area contributed by atoms with Gasteiger partial charge in [0.15, 0.2) is 0 Å². The number of aliphatic hydroxyl groups excluding tert-OH is 2. The third-order valence-corrected chi connectivity index (χ3v) is 4.13. The van der Waals surface area contributed by atoms with Gasteiger partial charge in [-0.1, -0.05) is 5.21 Å². The van der Waals surface area contributed by atoms with Gasteiger partial charge < -0.3 is 14.9 Å². The van der Waals surface area contributed by atoms with Gasteiger partial charge in [-0.15, -0.1) is 5.10 Å². The zero-order valence-electron chi connectivity index (χ0n) is 10.9. The first kappa shape index (κ1) is 13.8. The van der Waals surface area contributed by atoms with Crippen molar-refractivity contribution >= 4 is 27.0 Å². The highest BCUT2D eigenvalue weighted by atomic mass is 79.9. The predicted molar refractivity (Wildman–Crippen MR) is 76.5 cm³/mol. The lowest BCUT2D eigenvalue weighted by Crippen LogP contribution is -2.21. The molecule has 1 aromatic carbocycles. The molecule has 6 nitrogen and oxygen atoms in total. The molecule has 20 heavy (non-hydrogen) atoms. The van der Waals surface area contributed by atoms with E-state index in [0.717, 1.165) is 28.0 Å². The summed E-state index contributed by atoms with van der Waals surface area (Å²) >= 11 is 3.46. The van der Waals surface area contributed by atoms with E-state index in [2.05, 4.69) is 26.2 Å². The number of ether oxygens (including phenoxy) is 1. The van der Waals surface area contributed by atoms with E-state index in [9.17, 15) is 5.11 Å². The monoisotopic (exact) mass is 341 g/mol. The first-order valence-electron chi connectivity index (χ1n) is 6.62. The Hall–Kier alpha value is -1.18. The van der Waals surface area contributed by atoms with Gasteiger partial charge in [-0.25, -0.2) is 4.68 Å². The van der Waals surface area contributed by atoms with Crippen LogP contribution in [0.3, 0.4) is 0 Å². The summed E-state index contributed by atoms with van der Waals surface area (Å²) in [6, 6.07) is 3.74. The molecule has 3 rings (SSSR count). The van der Waals surface area contributed by atoms with Crippen molar-refractivity contribution < 1.29 is 14.9 Å². The normalized spacial score (nSPS) is 16.6. The van der Waals surface area contributed by atoms with Crippen LogP contribution in [0, 0.1) is 5.92 Å². The second kappa shape index (κ2) is 5.67. The van der Waals surface area contributed by atoms with Crippen molar-refractivity contribution in [2.45, 2.75) is 25.5 Å². The third-order valence-electron chi connectivity index (χ3n) is 3.36. The largest absolute Gasteiger partial charge is 0.490 e. The number of hydrogen-bond acceptors (Lipinski definition) is 5. The smallest absolute Gasteiger partial charge is 0.136 e. The highest BCUT2D eigenvalue weighted by molar-refractivity contribution is 9.10. The summed E-state index contributed by atoms with van der Waals surface area (Å²) in [5, 5.41) is 26.5. The van der Waals surface area contributed by atoms with E-state index in [1.54, 1.807) is 0 Å². The molecule has 0 amide bonds. The summed E-state index contributed by atoms with van der Waals surface area (Å²) < 4.78 is 8.11. The number of aromatic nitrogens is 3. The number of rotatable bonds is 6. The number of hydrogen-bond donors (Lipinski definition) is 2. The van der Waals surface area contributed by atoms with Crippen molar-refractivity contribution in [3.8, 4) is 5.75 Å².